The Kier molecular flexibility index (Phi) is 2.98. The van der Waals surface area contributed by atoms with E-state index < -0.39 is 7.60 Å². The van der Waals surface area contributed by atoms with E-state index in [2.05, 4.69) is 24.3 Å². The van der Waals surface area contributed by atoms with E-state index in [1.54, 1.807) is 0 Å². The molecule has 1 heterocycles. The van der Waals surface area contributed by atoms with Crippen LogP contribution in [0.2, 0.25) is 0 Å². The lowest BCUT2D eigenvalue weighted by Crippen LogP contribution is -1.96. The van der Waals surface area contributed by atoms with Gasteiger partial charge in [0, 0.05) is 11.1 Å². The van der Waals surface area contributed by atoms with Crippen molar-refractivity contribution in [2.45, 2.75) is 0 Å². The van der Waals surface area contributed by atoms with Crippen molar-refractivity contribution in [1.82, 2.24) is 0 Å². The molecule has 0 saturated carbocycles. The summed E-state index contributed by atoms with van der Waals surface area (Å²) in [5, 5.41) is 4.33. The van der Waals surface area contributed by atoms with Crippen LogP contribution in [0, 0.1) is 0 Å². The predicted octanol–water partition coefficient (Wildman–Crippen LogP) is 6.25. The molecule has 0 spiro atoms. The molecule has 5 rings (SSSR count). The van der Waals surface area contributed by atoms with Crippen molar-refractivity contribution >= 4 is 29.1 Å². The third-order valence-electron chi connectivity index (χ3n) is 4.56. The first-order valence-electron chi connectivity index (χ1n) is 8.13. The Bertz CT molecular complexity index is 1110. The third kappa shape index (κ3) is 2.24. The lowest BCUT2D eigenvalue weighted by Gasteiger charge is -2.13. The smallest absolute Gasteiger partial charge is 0.416 e. The lowest BCUT2D eigenvalue weighted by atomic mass is 9.92. The Labute approximate surface area is 145 Å². The van der Waals surface area contributed by atoms with Gasteiger partial charge < -0.3 is 9.05 Å². The van der Waals surface area contributed by atoms with Gasteiger partial charge in [-0.15, -0.1) is 0 Å². The summed E-state index contributed by atoms with van der Waals surface area (Å²) in [6, 6.07) is 24.0. The third-order valence-corrected chi connectivity index (χ3v) is 5.62. The largest absolute Gasteiger partial charge is 0.427 e. The SMILES string of the molecule is CP1(=O)Oc2ccc3ccccc3c2-c2c(ccc3ccccc23)O1. The minimum absolute atomic E-state index is 0.597. The first-order chi connectivity index (χ1) is 12.1. The molecule has 0 unspecified atom stereocenters. The standard InChI is InChI=1S/C21H15O3P/c1-25(22)23-18-12-10-14-6-2-4-8-16(14)20(18)21-17-9-5-3-7-15(17)11-13-19(21)24-25/h2-13H,1H3. The summed E-state index contributed by atoms with van der Waals surface area (Å²) in [5.41, 5.74) is 1.87. The van der Waals surface area contributed by atoms with Crippen LogP contribution < -0.4 is 9.05 Å². The highest BCUT2D eigenvalue weighted by Crippen LogP contribution is 2.56. The van der Waals surface area contributed by atoms with Gasteiger partial charge in [-0.3, -0.25) is 0 Å². The second kappa shape index (κ2) is 5.11. The van der Waals surface area contributed by atoms with Crippen molar-refractivity contribution < 1.29 is 13.6 Å². The molecule has 3 nitrogen and oxygen atoms in total. The quantitative estimate of drug-likeness (QED) is 0.353. The van der Waals surface area contributed by atoms with Crippen LogP contribution in [0.15, 0.2) is 72.8 Å². The van der Waals surface area contributed by atoms with Crippen LogP contribution in [0.4, 0.5) is 0 Å². The predicted molar refractivity (Wildman–Crippen MR) is 102 cm³/mol. The zero-order valence-corrected chi connectivity index (χ0v) is 14.5. The van der Waals surface area contributed by atoms with E-state index in [1.165, 1.54) is 6.66 Å². The number of hydrogen-bond acceptors (Lipinski definition) is 3. The van der Waals surface area contributed by atoms with Crippen LogP contribution in [-0.4, -0.2) is 6.66 Å². The molecule has 1 aliphatic heterocycles. The number of hydrogen-bond donors (Lipinski definition) is 0. The topological polar surface area (TPSA) is 35.5 Å². The van der Waals surface area contributed by atoms with Crippen LogP contribution in [0.1, 0.15) is 0 Å². The van der Waals surface area contributed by atoms with E-state index in [0.29, 0.717) is 11.5 Å². The molecule has 4 aromatic rings. The fraction of sp³-hybridized carbons (Fsp3) is 0.0476. The Morgan fingerprint density at radius 1 is 0.640 bits per heavy atom. The number of benzene rings is 4. The molecule has 0 radical (unpaired) electrons. The van der Waals surface area contributed by atoms with Crippen molar-refractivity contribution in [1.29, 1.82) is 0 Å². The molecule has 0 N–H and O–H groups in total. The molecule has 0 aliphatic carbocycles. The minimum Gasteiger partial charge on any atom is -0.416 e. The summed E-state index contributed by atoms with van der Waals surface area (Å²) >= 11 is 0. The van der Waals surface area contributed by atoms with Crippen molar-refractivity contribution in [3.05, 3.63) is 72.8 Å². The Balaban J connectivity index is 2.02. The molecule has 0 fully saturated rings. The van der Waals surface area contributed by atoms with Gasteiger partial charge in [0.25, 0.3) is 0 Å². The van der Waals surface area contributed by atoms with Gasteiger partial charge >= 0.3 is 7.60 Å². The second-order valence-electron chi connectivity index (χ2n) is 6.27. The molecular weight excluding hydrogens is 331 g/mol. The van der Waals surface area contributed by atoms with Gasteiger partial charge in [-0.05, 0) is 33.7 Å². The van der Waals surface area contributed by atoms with E-state index in [1.807, 2.05) is 48.5 Å². The van der Waals surface area contributed by atoms with E-state index >= 15 is 0 Å². The molecular formula is C21H15O3P. The summed E-state index contributed by atoms with van der Waals surface area (Å²) in [4.78, 5) is 0. The van der Waals surface area contributed by atoms with E-state index in [4.69, 9.17) is 9.05 Å². The van der Waals surface area contributed by atoms with Crippen LogP contribution >= 0.6 is 7.60 Å². The first kappa shape index (κ1) is 14.6. The normalized spacial score (nSPS) is 14.9. The molecule has 0 aromatic heterocycles. The number of rotatable bonds is 0. The Hall–Kier alpha value is -2.77. The zero-order chi connectivity index (χ0) is 17.0. The molecule has 25 heavy (non-hydrogen) atoms. The van der Waals surface area contributed by atoms with Gasteiger partial charge in [-0.1, -0.05) is 60.7 Å². The van der Waals surface area contributed by atoms with Gasteiger partial charge in [-0.2, -0.15) is 0 Å². The number of fused-ring (bicyclic) bond motifs is 7. The van der Waals surface area contributed by atoms with Crippen LogP contribution in [-0.2, 0) is 4.57 Å². The first-order valence-corrected chi connectivity index (χ1v) is 10.1. The van der Waals surface area contributed by atoms with Crippen LogP contribution in [0.3, 0.4) is 0 Å². The maximum atomic E-state index is 12.8. The van der Waals surface area contributed by atoms with Gasteiger partial charge in [0.2, 0.25) is 0 Å². The summed E-state index contributed by atoms with van der Waals surface area (Å²) in [5.74, 6) is 1.19. The highest BCUT2D eigenvalue weighted by Gasteiger charge is 2.30. The Morgan fingerprint density at radius 3 is 1.56 bits per heavy atom. The van der Waals surface area contributed by atoms with E-state index in [9.17, 15) is 4.57 Å². The molecule has 0 amide bonds. The highest BCUT2D eigenvalue weighted by molar-refractivity contribution is 7.53. The summed E-state index contributed by atoms with van der Waals surface area (Å²) < 4.78 is 24.4. The summed E-state index contributed by atoms with van der Waals surface area (Å²) in [6.45, 7) is 1.51. The fourth-order valence-electron chi connectivity index (χ4n) is 3.55. The van der Waals surface area contributed by atoms with E-state index in [0.717, 1.165) is 32.7 Å². The fourth-order valence-corrected chi connectivity index (χ4v) is 4.60. The average Bonchev–Trinajstić information content (AvgIpc) is 2.73. The molecule has 4 heteroatoms. The average molecular weight is 346 g/mol. The minimum atomic E-state index is -3.25. The molecule has 0 atom stereocenters. The lowest BCUT2D eigenvalue weighted by molar-refractivity contribution is 0.399. The monoisotopic (exact) mass is 346 g/mol. The maximum absolute atomic E-state index is 12.8. The summed E-state index contributed by atoms with van der Waals surface area (Å²) in [7, 11) is -3.25. The van der Waals surface area contributed by atoms with Crippen molar-refractivity contribution in [3.8, 4) is 22.6 Å². The summed E-state index contributed by atoms with van der Waals surface area (Å²) in [6.07, 6.45) is 0. The van der Waals surface area contributed by atoms with Crippen LogP contribution in [0.5, 0.6) is 11.5 Å². The van der Waals surface area contributed by atoms with E-state index in [-0.39, 0.29) is 0 Å². The van der Waals surface area contributed by atoms with Gasteiger partial charge in [0.05, 0.1) is 6.66 Å². The molecule has 0 saturated heterocycles. The van der Waals surface area contributed by atoms with Gasteiger partial charge in [0.1, 0.15) is 11.5 Å². The van der Waals surface area contributed by atoms with Crippen molar-refractivity contribution in [2.75, 3.05) is 6.66 Å². The van der Waals surface area contributed by atoms with Crippen molar-refractivity contribution in [3.63, 3.8) is 0 Å². The van der Waals surface area contributed by atoms with Crippen molar-refractivity contribution in [2.24, 2.45) is 0 Å². The molecule has 122 valence electrons. The maximum Gasteiger partial charge on any atom is 0.427 e. The zero-order valence-electron chi connectivity index (χ0n) is 13.6. The molecule has 1 aliphatic rings. The van der Waals surface area contributed by atoms with Gasteiger partial charge in [-0.25, -0.2) is 4.57 Å². The Morgan fingerprint density at radius 2 is 1.08 bits per heavy atom. The second-order valence-corrected chi connectivity index (χ2v) is 8.18. The highest BCUT2D eigenvalue weighted by atomic mass is 31.2. The molecule has 4 aromatic carbocycles. The molecule has 0 bridgehead atoms. The van der Waals surface area contributed by atoms with Gasteiger partial charge in [0.15, 0.2) is 0 Å². The van der Waals surface area contributed by atoms with Crippen LogP contribution in [0.25, 0.3) is 32.7 Å².